The number of hydrogen-bond acceptors (Lipinski definition) is 7. The van der Waals surface area contributed by atoms with Crippen molar-refractivity contribution in [1.82, 2.24) is 4.90 Å². The fourth-order valence-corrected chi connectivity index (χ4v) is 3.78. The van der Waals surface area contributed by atoms with E-state index in [9.17, 15) is 24.8 Å². The second-order valence-corrected chi connectivity index (χ2v) is 7.85. The van der Waals surface area contributed by atoms with Crippen LogP contribution >= 0.6 is 0 Å². The Morgan fingerprint density at radius 1 is 1.15 bits per heavy atom. The topological polar surface area (TPSA) is 119 Å². The maximum atomic E-state index is 13.1. The Balaban J connectivity index is 2.16. The summed E-state index contributed by atoms with van der Waals surface area (Å²) in [5.74, 6) is -1.47. The van der Waals surface area contributed by atoms with E-state index in [4.69, 9.17) is 9.47 Å². The Morgan fingerprint density at radius 2 is 1.82 bits per heavy atom. The van der Waals surface area contributed by atoms with Crippen molar-refractivity contribution in [3.8, 4) is 5.75 Å². The number of non-ortho nitro benzene ring substituents is 1. The number of ketones is 1. The maximum absolute atomic E-state index is 13.1. The SMILES string of the molecule is COCCCN1C(=O)C(=O)/C(=C(\O)c2ccc([N+](=O)[O-])cc2)C1c1ccccc1OC(C)C. The molecule has 0 radical (unpaired) electrons. The van der Waals surface area contributed by atoms with Gasteiger partial charge in [-0.25, -0.2) is 0 Å². The first-order valence-corrected chi connectivity index (χ1v) is 10.5. The molecular weight excluding hydrogens is 428 g/mol. The molecule has 1 aliphatic heterocycles. The zero-order valence-corrected chi connectivity index (χ0v) is 18.7. The van der Waals surface area contributed by atoms with Crippen LogP contribution in [-0.2, 0) is 14.3 Å². The number of amides is 1. The first-order chi connectivity index (χ1) is 15.8. The number of rotatable bonds is 9. The summed E-state index contributed by atoms with van der Waals surface area (Å²) < 4.78 is 11.0. The lowest BCUT2D eigenvalue weighted by Gasteiger charge is -2.27. The molecule has 33 heavy (non-hydrogen) atoms. The van der Waals surface area contributed by atoms with E-state index in [2.05, 4.69) is 0 Å². The van der Waals surface area contributed by atoms with Crippen molar-refractivity contribution in [1.29, 1.82) is 0 Å². The molecule has 1 heterocycles. The summed E-state index contributed by atoms with van der Waals surface area (Å²) in [6.45, 7) is 4.35. The number of carbonyl (C=O) groups is 2. The van der Waals surface area contributed by atoms with Crippen LogP contribution in [-0.4, -0.2) is 53.0 Å². The normalized spacial score (nSPS) is 17.6. The van der Waals surface area contributed by atoms with E-state index in [1.807, 2.05) is 13.8 Å². The number of hydrogen-bond donors (Lipinski definition) is 1. The molecule has 0 bridgehead atoms. The van der Waals surface area contributed by atoms with Crippen LogP contribution in [0.4, 0.5) is 5.69 Å². The Kier molecular flexibility index (Phi) is 7.44. The second-order valence-electron chi connectivity index (χ2n) is 7.85. The molecule has 0 saturated carbocycles. The van der Waals surface area contributed by atoms with Crippen molar-refractivity contribution in [3.05, 3.63) is 75.3 Å². The lowest BCUT2D eigenvalue weighted by atomic mass is 9.94. The highest BCUT2D eigenvalue weighted by Gasteiger charge is 2.46. The van der Waals surface area contributed by atoms with Crippen LogP contribution in [0.3, 0.4) is 0 Å². The first kappa shape index (κ1) is 23.9. The number of likely N-dealkylation sites (tertiary alicyclic amines) is 1. The fraction of sp³-hybridized carbons (Fsp3) is 0.333. The molecule has 1 fully saturated rings. The van der Waals surface area contributed by atoms with E-state index in [1.165, 1.54) is 29.2 Å². The molecule has 9 heteroatoms. The molecule has 1 unspecified atom stereocenters. The van der Waals surface area contributed by atoms with Crippen LogP contribution in [0.1, 0.15) is 37.4 Å². The smallest absolute Gasteiger partial charge is 0.295 e. The lowest BCUT2D eigenvalue weighted by Crippen LogP contribution is -2.31. The molecule has 2 aromatic rings. The standard InChI is InChI=1S/C24H26N2O7/c1-15(2)33-19-8-5-4-7-18(19)21-20(23(28)24(29)25(21)13-6-14-32-3)22(27)16-9-11-17(12-10-16)26(30)31/h4-5,7-12,15,21,27H,6,13-14H2,1-3H3/b22-20-. The summed E-state index contributed by atoms with van der Waals surface area (Å²) in [6.07, 6.45) is 0.335. The summed E-state index contributed by atoms with van der Waals surface area (Å²) in [7, 11) is 1.55. The lowest BCUT2D eigenvalue weighted by molar-refractivity contribution is -0.384. The molecule has 1 amide bonds. The van der Waals surface area contributed by atoms with Crippen molar-refractivity contribution in [2.75, 3.05) is 20.3 Å². The fourth-order valence-electron chi connectivity index (χ4n) is 3.78. The van der Waals surface area contributed by atoms with Crippen LogP contribution in [0.5, 0.6) is 5.75 Å². The van der Waals surface area contributed by atoms with Crippen molar-refractivity contribution >= 4 is 23.1 Å². The minimum atomic E-state index is -0.882. The summed E-state index contributed by atoms with van der Waals surface area (Å²) in [5.41, 5.74) is 0.513. The van der Waals surface area contributed by atoms with Crippen LogP contribution in [0, 0.1) is 10.1 Å². The molecule has 1 atom stereocenters. The van der Waals surface area contributed by atoms with Crippen LogP contribution < -0.4 is 4.74 Å². The van der Waals surface area contributed by atoms with E-state index in [0.717, 1.165) is 0 Å². The number of ether oxygens (including phenoxy) is 2. The van der Waals surface area contributed by atoms with Gasteiger partial charge in [0.2, 0.25) is 0 Å². The van der Waals surface area contributed by atoms with E-state index in [0.29, 0.717) is 24.3 Å². The third kappa shape index (κ3) is 5.04. The second kappa shape index (κ2) is 10.3. The molecule has 9 nitrogen and oxygen atoms in total. The molecule has 0 aromatic heterocycles. The van der Waals surface area contributed by atoms with Gasteiger partial charge in [0.1, 0.15) is 11.5 Å². The predicted molar refractivity (Wildman–Crippen MR) is 121 cm³/mol. The number of nitro benzene ring substituents is 1. The van der Waals surface area contributed by atoms with Gasteiger partial charge < -0.3 is 19.5 Å². The van der Waals surface area contributed by atoms with Gasteiger partial charge >= 0.3 is 0 Å². The number of aliphatic hydroxyl groups excluding tert-OH is 1. The number of nitrogens with zero attached hydrogens (tertiary/aromatic N) is 2. The number of methoxy groups -OCH3 is 1. The molecule has 3 rings (SSSR count). The summed E-state index contributed by atoms with van der Waals surface area (Å²) in [6, 6.07) is 11.3. The van der Waals surface area contributed by atoms with Gasteiger partial charge in [0, 0.05) is 43.5 Å². The Hall–Kier alpha value is -3.72. The van der Waals surface area contributed by atoms with Gasteiger partial charge in [0.15, 0.2) is 0 Å². The number of Topliss-reactive ketones (excluding diaryl/α,β-unsaturated/α-hetero) is 1. The molecule has 1 aliphatic rings. The largest absolute Gasteiger partial charge is 0.507 e. The minimum Gasteiger partial charge on any atom is -0.507 e. The Labute approximate surface area is 191 Å². The van der Waals surface area contributed by atoms with E-state index >= 15 is 0 Å². The Morgan fingerprint density at radius 3 is 2.42 bits per heavy atom. The van der Waals surface area contributed by atoms with Crippen molar-refractivity contribution in [2.45, 2.75) is 32.4 Å². The number of aliphatic hydroxyl groups is 1. The molecule has 1 N–H and O–H groups in total. The zero-order valence-electron chi connectivity index (χ0n) is 18.7. The van der Waals surface area contributed by atoms with Crippen molar-refractivity contribution < 1.29 is 29.1 Å². The summed E-state index contributed by atoms with van der Waals surface area (Å²) in [4.78, 5) is 37.8. The van der Waals surface area contributed by atoms with Crippen molar-refractivity contribution in [2.24, 2.45) is 0 Å². The van der Waals surface area contributed by atoms with Gasteiger partial charge in [-0.05, 0) is 38.5 Å². The third-order valence-electron chi connectivity index (χ3n) is 5.22. The molecular formula is C24H26N2O7. The molecule has 174 valence electrons. The highest BCUT2D eigenvalue weighted by Crippen LogP contribution is 2.43. The highest BCUT2D eigenvalue weighted by atomic mass is 16.6. The van der Waals surface area contributed by atoms with Crippen LogP contribution in [0.25, 0.3) is 5.76 Å². The molecule has 0 spiro atoms. The number of para-hydroxylation sites is 1. The maximum Gasteiger partial charge on any atom is 0.295 e. The van der Waals surface area contributed by atoms with E-state index in [1.54, 1.807) is 31.4 Å². The quantitative estimate of drug-likeness (QED) is 0.153. The average molecular weight is 454 g/mol. The average Bonchev–Trinajstić information content (AvgIpc) is 3.03. The molecule has 0 aliphatic carbocycles. The van der Waals surface area contributed by atoms with Gasteiger partial charge in [-0.15, -0.1) is 0 Å². The van der Waals surface area contributed by atoms with Crippen LogP contribution in [0.2, 0.25) is 0 Å². The molecule has 1 saturated heterocycles. The highest BCUT2D eigenvalue weighted by molar-refractivity contribution is 6.46. The zero-order chi connectivity index (χ0) is 24.1. The first-order valence-electron chi connectivity index (χ1n) is 10.5. The molecule has 2 aromatic carbocycles. The number of benzene rings is 2. The van der Waals surface area contributed by atoms with Gasteiger partial charge in [-0.1, -0.05) is 18.2 Å². The van der Waals surface area contributed by atoms with E-state index < -0.39 is 28.4 Å². The van der Waals surface area contributed by atoms with Gasteiger partial charge in [0.25, 0.3) is 17.4 Å². The minimum absolute atomic E-state index is 0.0916. The summed E-state index contributed by atoms with van der Waals surface area (Å²) in [5, 5.41) is 22.0. The van der Waals surface area contributed by atoms with E-state index in [-0.39, 0.29) is 29.5 Å². The Bertz CT molecular complexity index is 1080. The van der Waals surface area contributed by atoms with Gasteiger partial charge in [-0.2, -0.15) is 0 Å². The van der Waals surface area contributed by atoms with Gasteiger partial charge in [0.05, 0.1) is 22.6 Å². The third-order valence-corrected chi connectivity index (χ3v) is 5.22. The number of carbonyl (C=O) groups excluding carboxylic acids is 2. The predicted octanol–water partition coefficient (Wildman–Crippen LogP) is 3.84. The van der Waals surface area contributed by atoms with Crippen LogP contribution in [0.15, 0.2) is 54.1 Å². The summed E-state index contributed by atoms with van der Waals surface area (Å²) >= 11 is 0. The monoisotopic (exact) mass is 454 g/mol. The van der Waals surface area contributed by atoms with Gasteiger partial charge in [-0.3, -0.25) is 19.7 Å². The number of nitro groups is 1. The van der Waals surface area contributed by atoms with Crippen molar-refractivity contribution in [3.63, 3.8) is 0 Å².